The average Bonchev–Trinajstić information content (AvgIpc) is 3.72. The maximum atomic E-state index is 17.2. The van der Waals surface area contributed by atoms with Crippen molar-refractivity contribution < 1.29 is 32.1 Å². The number of aromatic amines is 1. The van der Waals surface area contributed by atoms with Crippen LogP contribution in [0, 0.1) is 18.2 Å². The lowest BCUT2D eigenvalue weighted by Crippen LogP contribution is -2.56. The Bertz CT molecular complexity index is 2120. The van der Waals surface area contributed by atoms with Crippen molar-refractivity contribution in [3.05, 3.63) is 28.7 Å². The van der Waals surface area contributed by atoms with Crippen molar-refractivity contribution in [2.75, 3.05) is 63.0 Å². The third-order valence-corrected chi connectivity index (χ3v) is 13.8. The molecule has 0 spiro atoms. The average molecular weight is 758 g/mol. The third-order valence-electron chi connectivity index (χ3n) is 11.6. The van der Waals surface area contributed by atoms with Crippen LogP contribution in [0.4, 0.5) is 10.2 Å². The Morgan fingerprint density at radius 1 is 1.15 bits per heavy atom. The van der Waals surface area contributed by atoms with Gasteiger partial charge in [-0.05, 0) is 70.5 Å². The topological polar surface area (TPSA) is 156 Å². The highest BCUT2D eigenvalue weighted by molar-refractivity contribution is 7.91. The first-order valence-electron chi connectivity index (χ1n) is 18.1. The molecule has 0 radical (unpaired) electrons. The first kappa shape index (κ1) is 35.6. The number of sulfone groups is 1. The van der Waals surface area contributed by atoms with Gasteiger partial charge in [-0.3, -0.25) is 10.00 Å². The van der Waals surface area contributed by atoms with Crippen molar-refractivity contribution in [2.24, 2.45) is 5.41 Å². The van der Waals surface area contributed by atoms with Crippen molar-refractivity contribution in [1.29, 1.82) is 0 Å². The van der Waals surface area contributed by atoms with E-state index in [0.717, 1.165) is 44.2 Å². The second kappa shape index (κ2) is 13.5. The summed E-state index contributed by atoms with van der Waals surface area (Å²) in [4.78, 5) is 18.7. The van der Waals surface area contributed by atoms with Crippen LogP contribution in [0.1, 0.15) is 57.4 Å². The molecule has 4 fully saturated rings. The zero-order valence-electron chi connectivity index (χ0n) is 29.8. The first-order valence-corrected chi connectivity index (χ1v) is 20.3. The van der Waals surface area contributed by atoms with Crippen molar-refractivity contribution in [3.63, 3.8) is 0 Å². The quantitative estimate of drug-likeness (QED) is 0.265. The molecule has 8 rings (SSSR count). The van der Waals surface area contributed by atoms with Crippen molar-refractivity contribution in [1.82, 2.24) is 30.0 Å². The molecule has 2 N–H and O–H groups in total. The number of nitrogens with zero attached hydrogens (tertiary/aromatic N) is 6. The molecule has 0 unspecified atom stereocenters. The monoisotopic (exact) mass is 757 g/mol. The number of ether oxygens (including phenoxy) is 3. The van der Waals surface area contributed by atoms with Gasteiger partial charge in [0.1, 0.15) is 37.9 Å². The lowest BCUT2D eigenvalue weighted by molar-refractivity contribution is -0.0246. The molecule has 4 aliphatic rings. The molecular formula is C36H45ClFN7O6S. The van der Waals surface area contributed by atoms with Gasteiger partial charge in [0, 0.05) is 35.0 Å². The van der Waals surface area contributed by atoms with Gasteiger partial charge in [-0.2, -0.15) is 15.1 Å². The van der Waals surface area contributed by atoms with Gasteiger partial charge in [-0.15, -0.1) is 0 Å². The number of aromatic nitrogens is 5. The van der Waals surface area contributed by atoms with E-state index in [1.165, 1.54) is 7.11 Å². The van der Waals surface area contributed by atoms with E-state index in [0.29, 0.717) is 59.9 Å². The number of benzene rings is 1. The van der Waals surface area contributed by atoms with E-state index in [4.69, 9.17) is 35.8 Å². The van der Waals surface area contributed by atoms with E-state index in [1.54, 1.807) is 13.1 Å². The van der Waals surface area contributed by atoms with Crippen LogP contribution in [0.2, 0.25) is 5.02 Å². The number of hydrogen-bond acceptors (Lipinski definition) is 12. The Morgan fingerprint density at radius 2 is 1.94 bits per heavy atom. The van der Waals surface area contributed by atoms with E-state index in [1.807, 2.05) is 17.9 Å². The lowest BCUT2D eigenvalue weighted by atomic mass is 9.74. The van der Waals surface area contributed by atoms with Crippen LogP contribution in [-0.4, -0.2) is 119 Å². The summed E-state index contributed by atoms with van der Waals surface area (Å²) in [6.45, 7) is 5.76. The van der Waals surface area contributed by atoms with Crippen LogP contribution in [0.5, 0.6) is 11.9 Å². The van der Waals surface area contributed by atoms with Crippen molar-refractivity contribution in [3.8, 4) is 23.1 Å². The minimum atomic E-state index is -2.97. The summed E-state index contributed by atoms with van der Waals surface area (Å²) in [5.74, 6) is 0.166. The SMILES string of the molecule is COc1nc(-c2c(Cl)c(C)cc3[nH]ncc23)c(F)c2nc(OC[C@]34CCC[C@H]3N(C3CCS(=O)(=O)CC3)CCC4)nc(N3CCOC[C@@](C)(O)C3)c12. The highest BCUT2D eigenvalue weighted by Crippen LogP contribution is 2.50. The molecule has 0 amide bonds. The normalized spacial score (nSPS) is 27.2. The summed E-state index contributed by atoms with van der Waals surface area (Å²) in [5, 5.41) is 19.4. The number of piperidine rings is 1. The molecule has 3 aliphatic heterocycles. The summed E-state index contributed by atoms with van der Waals surface area (Å²) in [7, 11) is -1.51. The number of fused-ring (bicyclic) bond motifs is 3. The van der Waals surface area contributed by atoms with Gasteiger partial charge >= 0.3 is 6.01 Å². The predicted molar refractivity (Wildman–Crippen MR) is 196 cm³/mol. The van der Waals surface area contributed by atoms with Gasteiger partial charge in [-0.1, -0.05) is 18.0 Å². The molecule has 4 aromatic rings. The molecule has 280 valence electrons. The second-order valence-electron chi connectivity index (χ2n) is 15.3. The van der Waals surface area contributed by atoms with Crippen LogP contribution < -0.4 is 14.4 Å². The molecule has 1 aromatic carbocycles. The Balaban J connectivity index is 1.22. The number of aliphatic hydroxyl groups is 1. The van der Waals surface area contributed by atoms with E-state index < -0.39 is 21.3 Å². The fraction of sp³-hybridized carbons (Fsp3) is 0.611. The summed E-state index contributed by atoms with van der Waals surface area (Å²) in [6, 6.07) is 2.34. The van der Waals surface area contributed by atoms with Crippen LogP contribution in [0.15, 0.2) is 12.3 Å². The molecule has 0 bridgehead atoms. The Labute approximate surface area is 307 Å². The molecule has 52 heavy (non-hydrogen) atoms. The van der Waals surface area contributed by atoms with Gasteiger partial charge in [-0.25, -0.2) is 17.8 Å². The highest BCUT2D eigenvalue weighted by atomic mass is 35.5. The highest BCUT2D eigenvalue weighted by Gasteiger charge is 2.50. The molecule has 3 atom stereocenters. The number of H-pyrrole nitrogens is 1. The van der Waals surface area contributed by atoms with Crippen LogP contribution in [-0.2, 0) is 14.6 Å². The third kappa shape index (κ3) is 6.35. The Morgan fingerprint density at radius 3 is 2.73 bits per heavy atom. The first-order chi connectivity index (χ1) is 24.9. The molecule has 1 aliphatic carbocycles. The van der Waals surface area contributed by atoms with Crippen molar-refractivity contribution in [2.45, 2.75) is 76.5 Å². The number of hydrogen-bond donors (Lipinski definition) is 2. The fourth-order valence-corrected chi connectivity index (χ4v) is 10.8. The summed E-state index contributed by atoms with van der Waals surface area (Å²) < 4.78 is 59.8. The maximum Gasteiger partial charge on any atom is 0.319 e. The minimum absolute atomic E-state index is 0.00937. The molecule has 3 aromatic heterocycles. The maximum absolute atomic E-state index is 17.2. The Hall–Kier alpha value is -3.37. The number of anilines is 1. The molecule has 1 saturated carbocycles. The zero-order valence-corrected chi connectivity index (χ0v) is 31.3. The van der Waals surface area contributed by atoms with Crippen LogP contribution >= 0.6 is 11.6 Å². The number of rotatable bonds is 7. The van der Waals surface area contributed by atoms with Crippen molar-refractivity contribution >= 4 is 49.1 Å². The number of halogens is 2. The molecule has 13 nitrogen and oxygen atoms in total. The predicted octanol–water partition coefficient (Wildman–Crippen LogP) is 4.86. The smallest absolute Gasteiger partial charge is 0.319 e. The molecule has 6 heterocycles. The fourth-order valence-electron chi connectivity index (χ4n) is 9.12. The number of pyridine rings is 1. The van der Waals surface area contributed by atoms with E-state index in [9.17, 15) is 13.5 Å². The van der Waals surface area contributed by atoms with Gasteiger partial charge in [0.25, 0.3) is 0 Å². The molecular weight excluding hydrogens is 713 g/mol. The van der Waals surface area contributed by atoms with Crippen LogP contribution in [0.3, 0.4) is 0 Å². The number of methoxy groups -OCH3 is 1. The van der Waals surface area contributed by atoms with Crippen LogP contribution in [0.25, 0.3) is 33.1 Å². The van der Waals surface area contributed by atoms with E-state index in [-0.39, 0.29) is 70.6 Å². The van der Waals surface area contributed by atoms with Gasteiger partial charge < -0.3 is 24.2 Å². The largest absolute Gasteiger partial charge is 0.480 e. The van der Waals surface area contributed by atoms with Gasteiger partial charge in [0.05, 0.1) is 61.7 Å². The second-order valence-corrected chi connectivity index (χ2v) is 18.0. The van der Waals surface area contributed by atoms with Gasteiger partial charge in [0.15, 0.2) is 5.82 Å². The molecule has 3 saturated heterocycles. The zero-order chi connectivity index (χ0) is 36.4. The number of β-amino-alcohol motifs (C(OH)–C–C–N with tert-alkyl or cyclic N) is 1. The number of aryl methyl sites for hydroxylation is 1. The van der Waals surface area contributed by atoms with E-state index >= 15 is 4.39 Å². The molecule has 16 heteroatoms. The number of nitrogens with one attached hydrogen (secondary N) is 1. The summed E-state index contributed by atoms with van der Waals surface area (Å²) in [6.07, 6.45) is 7.88. The minimum Gasteiger partial charge on any atom is -0.480 e. The van der Waals surface area contributed by atoms with Gasteiger partial charge in [0.2, 0.25) is 5.88 Å². The summed E-state index contributed by atoms with van der Waals surface area (Å²) >= 11 is 6.85. The Kier molecular flexibility index (Phi) is 9.25. The lowest BCUT2D eigenvalue weighted by Gasteiger charge is -2.50. The standard InChI is InChI=1S/C36H45ClFN7O6S/c1-21-16-24-23(17-39-43-24)26(28(21)37)30-29(38)31-27(33(40-30)49-3)32(44-12-13-50-19-35(2,46)18-44)42-34(41-31)51-20-36-9-4-6-25(36)45(11-5-10-36)22-7-14-52(47,48)15-8-22/h16-17,22,25,46H,4-15,18-20H2,1-3H3,(H,39,43)/t25-,35+,36-/m1/s1. The van der Waals surface area contributed by atoms with E-state index in [2.05, 4.69) is 20.1 Å². The number of likely N-dealkylation sites (tertiary alicyclic amines) is 1. The summed E-state index contributed by atoms with van der Waals surface area (Å²) in [5.41, 5.74) is 0.285.